The van der Waals surface area contributed by atoms with Gasteiger partial charge in [-0.2, -0.15) is 0 Å². The van der Waals surface area contributed by atoms with E-state index in [4.69, 9.17) is 11.6 Å². The van der Waals surface area contributed by atoms with Crippen LogP contribution in [0.1, 0.15) is 16.0 Å². The first-order valence-electron chi connectivity index (χ1n) is 5.22. The molecular weight excluding hydrogens is 238 g/mol. The van der Waals surface area contributed by atoms with E-state index in [0.717, 1.165) is 29.3 Å². The van der Waals surface area contributed by atoms with Crippen LogP contribution < -0.4 is 0 Å². The summed E-state index contributed by atoms with van der Waals surface area (Å²) in [6.07, 6.45) is 1.07. The molecule has 0 amide bonds. The predicted molar refractivity (Wildman–Crippen MR) is 70.0 cm³/mol. The average Bonchev–Trinajstić information content (AvgIpc) is 2.78. The zero-order valence-corrected chi connectivity index (χ0v) is 10.2. The topological polar surface area (TPSA) is 12.4 Å². The number of rotatable bonds is 1. The van der Waals surface area contributed by atoms with Crippen molar-refractivity contribution in [3.63, 3.8) is 0 Å². The molecule has 0 radical (unpaired) electrons. The van der Waals surface area contributed by atoms with Crippen LogP contribution in [-0.4, -0.2) is 12.3 Å². The molecule has 3 rings (SSSR count). The van der Waals surface area contributed by atoms with Crippen molar-refractivity contribution in [1.29, 1.82) is 0 Å². The molecule has 1 aliphatic heterocycles. The van der Waals surface area contributed by atoms with Crippen LogP contribution in [0.4, 0.5) is 0 Å². The van der Waals surface area contributed by atoms with E-state index in [0.29, 0.717) is 0 Å². The molecule has 1 aliphatic rings. The fraction of sp³-hybridized carbons (Fsp3) is 0.154. The lowest BCUT2D eigenvalue weighted by Gasteiger charge is -2.13. The van der Waals surface area contributed by atoms with E-state index < -0.39 is 0 Å². The van der Waals surface area contributed by atoms with Crippen molar-refractivity contribution >= 4 is 28.6 Å². The summed E-state index contributed by atoms with van der Waals surface area (Å²) in [4.78, 5) is 6.07. The van der Waals surface area contributed by atoms with Gasteiger partial charge in [-0.15, -0.1) is 11.3 Å². The third-order valence-electron chi connectivity index (χ3n) is 2.73. The fourth-order valence-electron chi connectivity index (χ4n) is 1.95. The van der Waals surface area contributed by atoms with Gasteiger partial charge in [-0.05, 0) is 23.6 Å². The molecule has 0 bridgehead atoms. The molecular formula is C13H10ClNS. The highest BCUT2D eigenvalue weighted by atomic mass is 35.5. The van der Waals surface area contributed by atoms with Crippen LogP contribution in [-0.2, 0) is 6.42 Å². The van der Waals surface area contributed by atoms with Crippen molar-refractivity contribution in [2.75, 3.05) is 6.54 Å². The Morgan fingerprint density at radius 3 is 2.75 bits per heavy atom. The van der Waals surface area contributed by atoms with E-state index in [1.165, 1.54) is 10.4 Å². The molecule has 0 atom stereocenters. The number of hydrogen-bond acceptors (Lipinski definition) is 2. The van der Waals surface area contributed by atoms with Crippen LogP contribution in [0, 0.1) is 0 Å². The van der Waals surface area contributed by atoms with Crippen molar-refractivity contribution < 1.29 is 0 Å². The molecule has 16 heavy (non-hydrogen) atoms. The van der Waals surface area contributed by atoms with Crippen molar-refractivity contribution in [2.45, 2.75) is 6.42 Å². The second-order valence-corrected chi connectivity index (χ2v) is 5.18. The van der Waals surface area contributed by atoms with Gasteiger partial charge in [0.05, 0.1) is 5.71 Å². The summed E-state index contributed by atoms with van der Waals surface area (Å²) in [6, 6.07) is 10.1. The molecule has 0 saturated carbocycles. The highest BCUT2D eigenvalue weighted by Gasteiger charge is 2.16. The lowest BCUT2D eigenvalue weighted by Crippen LogP contribution is -2.11. The predicted octanol–water partition coefficient (Wildman–Crippen LogP) is 3.80. The highest BCUT2D eigenvalue weighted by Crippen LogP contribution is 2.25. The van der Waals surface area contributed by atoms with Crippen molar-refractivity contribution in [3.8, 4) is 0 Å². The smallest absolute Gasteiger partial charge is 0.0730 e. The number of halogens is 1. The summed E-state index contributed by atoms with van der Waals surface area (Å²) in [5, 5.41) is 2.91. The van der Waals surface area contributed by atoms with Crippen molar-refractivity contribution in [3.05, 3.63) is 56.7 Å². The molecule has 1 nitrogen and oxygen atoms in total. The summed E-state index contributed by atoms with van der Waals surface area (Å²) in [5.41, 5.74) is 3.56. The molecule has 0 saturated heterocycles. The monoisotopic (exact) mass is 247 g/mol. The van der Waals surface area contributed by atoms with Gasteiger partial charge in [0.1, 0.15) is 0 Å². The first kappa shape index (κ1) is 10.1. The minimum atomic E-state index is 0.769. The maximum atomic E-state index is 5.89. The molecule has 1 aromatic carbocycles. The van der Waals surface area contributed by atoms with Gasteiger partial charge in [0, 0.05) is 34.0 Å². The van der Waals surface area contributed by atoms with Gasteiger partial charge >= 0.3 is 0 Å². The number of aliphatic imine (C=N–C) groups is 1. The molecule has 0 unspecified atom stereocenters. The molecule has 3 heteroatoms. The normalized spacial score (nSPS) is 14.4. The zero-order chi connectivity index (χ0) is 11.0. The Labute approximate surface area is 103 Å². The summed E-state index contributed by atoms with van der Waals surface area (Å²) in [6.45, 7) is 0.894. The van der Waals surface area contributed by atoms with Crippen LogP contribution in [0.5, 0.6) is 0 Å². The van der Waals surface area contributed by atoms with Gasteiger partial charge in [-0.1, -0.05) is 23.7 Å². The van der Waals surface area contributed by atoms with Crippen molar-refractivity contribution in [1.82, 2.24) is 0 Å². The van der Waals surface area contributed by atoms with Gasteiger partial charge in [-0.3, -0.25) is 4.99 Å². The van der Waals surface area contributed by atoms with E-state index >= 15 is 0 Å². The van der Waals surface area contributed by atoms with E-state index in [-0.39, 0.29) is 0 Å². The Morgan fingerprint density at radius 1 is 1.12 bits per heavy atom. The minimum Gasteiger partial charge on any atom is -0.284 e. The second-order valence-electron chi connectivity index (χ2n) is 3.74. The number of thiophene rings is 1. The summed E-state index contributed by atoms with van der Waals surface area (Å²) >= 11 is 7.71. The summed E-state index contributed by atoms with van der Waals surface area (Å²) in [7, 11) is 0. The maximum absolute atomic E-state index is 5.89. The Hall–Kier alpha value is -1.12. The fourth-order valence-corrected chi connectivity index (χ4v) is 2.95. The van der Waals surface area contributed by atoms with Crippen LogP contribution in [0.15, 0.2) is 40.7 Å². The molecule has 80 valence electrons. The van der Waals surface area contributed by atoms with Gasteiger partial charge in [0.2, 0.25) is 0 Å². The molecule has 0 fully saturated rings. The highest BCUT2D eigenvalue weighted by molar-refractivity contribution is 7.10. The summed E-state index contributed by atoms with van der Waals surface area (Å²) < 4.78 is 0. The van der Waals surface area contributed by atoms with Crippen LogP contribution in [0.2, 0.25) is 5.02 Å². The van der Waals surface area contributed by atoms with Gasteiger partial charge in [0.25, 0.3) is 0 Å². The van der Waals surface area contributed by atoms with Gasteiger partial charge in [0.15, 0.2) is 0 Å². The number of nitrogens with zero attached hydrogens (tertiary/aromatic N) is 1. The maximum Gasteiger partial charge on any atom is 0.0730 e. The standard InChI is InChI=1S/C13H10ClNS/c14-10-3-1-9(2-4-10)13-11-6-8-16-12(11)5-7-15-13/h1-4,6,8H,5,7H2. The van der Waals surface area contributed by atoms with Crippen LogP contribution in [0.3, 0.4) is 0 Å². The van der Waals surface area contributed by atoms with Crippen LogP contribution >= 0.6 is 22.9 Å². The summed E-state index contributed by atoms with van der Waals surface area (Å²) in [5.74, 6) is 0. The lowest BCUT2D eigenvalue weighted by molar-refractivity contribution is 0.965. The Bertz CT molecular complexity index is 539. The van der Waals surface area contributed by atoms with Crippen molar-refractivity contribution in [2.24, 2.45) is 4.99 Å². The quantitative estimate of drug-likeness (QED) is 0.727. The van der Waals surface area contributed by atoms with E-state index in [9.17, 15) is 0 Å². The van der Waals surface area contributed by atoms with Gasteiger partial charge in [-0.25, -0.2) is 0 Å². The Balaban J connectivity index is 2.08. The van der Waals surface area contributed by atoms with E-state index in [2.05, 4.69) is 16.4 Å². The molecule has 2 heterocycles. The molecule has 2 aromatic rings. The average molecular weight is 248 g/mol. The SMILES string of the molecule is Clc1ccc(C2=NCCc3sccc32)cc1. The number of benzene rings is 1. The molecule has 0 spiro atoms. The number of fused-ring (bicyclic) bond motifs is 1. The second kappa shape index (κ2) is 4.04. The van der Waals surface area contributed by atoms with Gasteiger partial charge < -0.3 is 0 Å². The first-order valence-corrected chi connectivity index (χ1v) is 6.47. The third kappa shape index (κ3) is 1.68. The van der Waals surface area contributed by atoms with Crippen LogP contribution in [0.25, 0.3) is 0 Å². The zero-order valence-electron chi connectivity index (χ0n) is 8.61. The minimum absolute atomic E-state index is 0.769. The number of hydrogen-bond donors (Lipinski definition) is 0. The molecule has 0 N–H and O–H groups in total. The Morgan fingerprint density at radius 2 is 1.94 bits per heavy atom. The molecule has 0 aliphatic carbocycles. The Kier molecular flexibility index (Phi) is 2.54. The van der Waals surface area contributed by atoms with E-state index in [1.807, 2.05) is 35.6 Å². The first-order chi connectivity index (χ1) is 7.84. The largest absolute Gasteiger partial charge is 0.284 e. The van der Waals surface area contributed by atoms with E-state index in [1.54, 1.807) is 0 Å². The molecule has 1 aromatic heterocycles. The lowest BCUT2D eigenvalue weighted by atomic mass is 10.00. The third-order valence-corrected chi connectivity index (χ3v) is 3.96.